The molecule has 1 aliphatic rings. The van der Waals surface area contributed by atoms with E-state index in [0.29, 0.717) is 13.1 Å². The zero-order valence-corrected chi connectivity index (χ0v) is 19.2. The molecule has 1 saturated heterocycles. The Morgan fingerprint density at radius 3 is 1.77 bits per heavy atom. The molecule has 178 valence electrons. The van der Waals surface area contributed by atoms with Gasteiger partial charge in [-0.2, -0.15) is 0 Å². The molecule has 0 amide bonds. The Kier molecular flexibility index (Phi) is 6.46. The summed E-state index contributed by atoms with van der Waals surface area (Å²) in [6.07, 6.45) is 0.197. The number of aliphatic hydroxyl groups is 1. The molecule has 2 heterocycles. The van der Waals surface area contributed by atoms with Crippen LogP contribution in [0.5, 0.6) is 0 Å². The Bertz CT molecular complexity index is 1270. The lowest BCUT2D eigenvalue weighted by molar-refractivity contribution is -0.151. The summed E-state index contributed by atoms with van der Waals surface area (Å²) in [5.74, 6) is 0. The Labute approximate surface area is 202 Å². The molecule has 0 bridgehead atoms. The van der Waals surface area contributed by atoms with Crippen molar-refractivity contribution in [2.24, 2.45) is 0 Å². The summed E-state index contributed by atoms with van der Waals surface area (Å²) >= 11 is 0. The second-order valence-corrected chi connectivity index (χ2v) is 8.63. The number of aliphatic hydroxyl groups excluding tert-OH is 1. The molecular weight excluding hydrogens is 442 g/mol. The minimum Gasteiger partial charge on any atom is -0.394 e. The normalized spacial score (nSPS) is 18.9. The van der Waals surface area contributed by atoms with Crippen LogP contribution in [0.15, 0.2) is 113 Å². The molecule has 7 heteroatoms. The number of H-pyrrole nitrogens is 1. The lowest BCUT2D eigenvalue weighted by Gasteiger charge is -2.50. The van der Waals surface area contributed by atoms with Crippen LogP contribution in [0.2, 0.25) is 0 Å². The van der Waals surface area contributed by atoms with Gasteiger partial charge in [-0.3, -0.25) is 19.2 Å². The molecule has 35 heavy (non-hydrogen) atoms. The van der Waals surface area contributed by atoms with Crippen molar-refractivity contribution in [2.75, 3.05) is 19.7 Å². The number of ether oxygens (including phenoxy) is 1. The maximum absolute atomic E-state index is 12.6. The SMILES string of the molecule is O=c1ccn(C2CN(C(c3ccccc3)(c3ccccc3)c3ccccc3)CC(CO)O2)c(=O)[nH]1. The van der Waals surface area contributed by atoms with Gasteiger partial charge in [-0.1, -0.05) is 91.0 Å². The van der Waals surface area contributed by atoms with Crippen LogP contribution in [-0.2, 0) is 10.3 Å². The topological polar surface area (TPSA) is 87.6 Å². The first kappa shape index (κ1) is 23.0. The largest absolute Gasteiger partial charge is 0.394 e. The number of benzene rings is 3. The van der Waals surface area contributed by atoms with Crippen LogP contribution in [0.25, 0.3) is 0 Å². The second-order valence-electron chi connectivity index (χ2n) is 8.63. The summed E-state index contributed by atoms with van der Waals surface area (Å²) in [6, 6.07) is 32.0. The highest BCUT2D eigenvalue weighted by Gasteiger charge is 2.46. The fraction of sp³-hybridized carbons (Fsp3) is 0.214. The Balaban J connectivity index is 1.74. The lowest BCUT2D eigenvalue weighted by atomic mass is 9.75. The molecule has 0 saturated carbocycles. The molecule has 0 aliphatic carbocycles. The maximum Gasteiger partial charge on any atom is 0.330 e. The highest BCUT2D eigenvalue weighted by Crippen LogP contribution is 2.44. The summed E-state index contributed by atoms with van der Waals surface area (Å²) in [4.78, 5) is 28.9. The van der Waals surface area contributed by atoms with Crippen LogP contribution in [0.1, 0.15) is 22.9 Å². The summed E-state index contributed by atoms with van der Waals surface area (Å²) < 4.78 is 7.50. The zero-order valence-electron chi connectivity index (χ0n) is 19.2. The van der Waals surface area contributed by atoms with E-state index in [0.717, 1.165) is 16.7 Å². The number of morpholine rings is 1. The molecule has 2 atom stereocenters. The molecule has 2 unspecified atom stereocenters. The van der Waals surface area contributed by atoms with E-state index in [4.69, 9.17) is 4.74 Å². The molecule has 4 aromatic rings. The van der Waals surface area contributed by atoms with E-state index in [-0.39, 0.29) is 6.61 Å². The standard InChI is InChI=1S/C28H27N3O4/c32-20-24-18-30(19-26(35-24)31-17-16-25(33)29-27(31)34)28(21-10-4-1-5-11-21,22-12-6-2-7-13-22)23-14-8-3-9-15-23/h1-17,24,26,32H,18-20H2,(H,29,33,34). The Morgan fingerprint density at radius 2 is 1.31 bits per heavy atom. The van der Waals surface area contributed by atoms with Crippen LogP contribution in [-0.4, -0.2) is 45.4 Å². The predicted molar refractivity (Wildman–Crippen MR) is 133 cm³/mol. The third kappa shape index (κ3) is 4.25. The van der Waals surface area contributed by atoms with Gasteiger partial charge < -0.3 is 9.84 Å². The monoisotopic (exact) mass is 469 g/mol. The molecule has 7 nitrogen and oxygen atoms in total. The highest BCUT2D eigenvalue weighted by atomic mass is 16.5. The zero-order chi connectivity index (χ0) is 24.3. The fourth-order valence-corrected chi connectivity index (χ4v) is 5.09. The van der Waals surface area contributed by atoms with Crippen molar-refractivity contribution in [1.82, 2.24) is 14.5 Å². The molecule has 1 aromatic heterocycles. The van der Waals surface area contributed by atoms with Gasteiger partial charge in [-0.15, -0.1) is 0 Å². The number of rotatable bonds is 6. The Morgan fingerprint density at radius 1 is 0.800 bits per heavy atom. The third-order valence-corrected chi connectivity index (χ3v) is 6.56. The summed E-state index contributed by atoms with van der Waals surface area (Å²) in [5, 5.41) is 10.2. The second kappa shape index (κ2) is 9.84. The molecule has 0 spiro atoms. The summed E-state index contributed by atoms with van der Waals surface area (Å²) in [6.45, 7) is 0.574. The highest BCUT2D eigenvalue weighted by molar-refractivity contribution is 5.49. The van der Waals surface area contributed by atoms with Gasteiger partial charge in [0.1, 0.15) is 0 Å². The van der Waals surface area contributed by atoms with E-state index in [1.807, 2.05) is 54.6 Å². The van der Waals surface area contributed by atoms with E-state index < -0.39 is 29.1 Å². The van der Waals surface area contributed by atoms with E-state index >= 15 is 0 Å². The average molecular weight is 470 g/mol. The number of hydrogen-bond donors (Lipinski definition) is 2. The number of nitrogens with zero attached hydrogens (tertiary/aromatic N) is 2. The van der Waals surface area contributed by atoms with Crippen LogP contribution >= 0.6 is 0 Å². The van der Waals surface area contributed by atoms with Crippen LogP contribution in [0.4, 0.5) is 0 Å². The molecule has 1 fully saturated rings. The molecule has 1 aliphatic heterocycles. The van der Waals surface area contributed by atoms with E-state index in [1.54, 1.807) is 0 Å². The Hall–Kier alpha value is -3.78. The minimum atomic E-state index is -0.717. The molecule has 2 N–H and O–H groups in total. The fourth-order valence-electron chi connectivity index (χ4n) is 5.09. The van der Waals surface area contributed by atoms with Crippen molar-refractivity contribution in [3.8, 4) is 0 Å². The lowest BCUT2D eigenvalue weighted by Crippen LogP contribution is -2.58. The first-order valence-corrected chi connectivity index (χ1v) is 11.6. The van der Waals surface area contributed by atoms with Gasteiger partial charge >= 0.3 is 5.69 Å². The van der Waals surface area contributed by atoms with E-state index in [9.17, 15) is 14.7 Å². The van der Waals surface area contributed by atoms with Crippen LogP contribution in [0.3, 0.4) is 0 Å². The third-order valence-electron chi connectivity index (χ3n) is 6.56. The first-order valence-electron chi connectivity index (χ1n) is 11.6. The van der Waals surface area contributed by atoms with Crippen molar-refractivity contribution in [1.29, 1.82) is 0 Å². The smallest absolute Gasteiger partial charge is 0.330 e. The van der Waals surface area contributed by atoms with Crippen molar-refractivity contribution in [3.63, 3.8) is 0 Å². The number of aromatic nitrogens is 2. The van der Waals surface area contributed by atoms with Gasteiger partial charge in [0.05, 0.1) is 18.2 Å². The van der Waals surface area contributed by atoms with Gasteiger partial charge in [0, 0.05) is 25.4 Å². The minimum absolute atomic E-state index is 0.209. The first-order chi connectivity index (χ1) is 17.1. The van der Waals surface area contributed by atoms with E-state index in [2.05, 4.69) is 46.3 Å². The van der Waals surface area contributed by atoms with Gasteiger partial charge in [0.2, 0.25) is 0 Å². The molecule has 3 aromatic carbocycles. The van der Waals surface area contributed by atoms with Gasteiger partial charge in [0.15, 0.2) is 6.23 Å². The van der Waals surface area contributed by atoms with Gasteiger partial charge in [-0.25, -0.2) is 4.79 Å². The predicted octanol–water partition coefficient (Wildman–Crippen LogP) is 2.72. The summed E-state index contributed by atoms with van der Waals surface area (Å²) in [7, 11) is 0. The maximum atomic E-state index is 12.6. The van der Waals surface area contributed by atoms with E-state index in [1.165, 1.54) is 16.8 Å². The summed E-state index contributed by atoms with van der Waals surface area (Å²) in [5.41, 5.74) is 1.44. The quantitative estimate of drug-likeness (QED) is 0.424. The number of aromatic amines is 1. The molecule has 0 radical (unpaired) electrons. The van der Waals surface area contributed by atoms with Crippen molar-refractivity contribution in [2.45, 2.75) is 17.9 Å². The van der Waals surface area contributed by atoms with Crippen LogP contribution < -0.4 is 11.2 Å². The van der Waals surface area contributed by atoms with Crippen molar-refractivity contribution < 1.29 is 9.84 Å². The number of nitrogens with one attached hydrogen (secondary N) is 1. The molecular formula is C28H27N3O4. The number of hydrogen-bond acceptors (Lipinski definition) is 5. The van der Waals surface area contributed by atoms with Crippen molar-refractivity contribution in [3.05, 3.63) is 141 Å². The van der Waals surface area contributed by atoms with Gasteiger partial charge in [-0.05, 0) is 16.7 Å². The average Bonchev–Trinajstić information content (AvgIpc) is 2.91. The molecule has 5 rings (SSSR count). The van der Waals surface area contributed by atoms with Crippen LogP contribution in [0, 0.1) is 0 Å². The van der Waals surface area contributed by atoms with Gasteiger partial charge in [0.25, 0.3) is 5.56 Å². The van der Waals surface area contributed by atoms with Crippen molar-refractivity contribution >= 4 is 0 Å².